The predicted molar refractivity (Wildman–Crippen MR) is 350 cm³/mol. The average Bonchev–Trinajstić information content (AvgIpc) is 4.10. The minimum absolute atomic E-state index is 0.0828. The Morgan fingerprint density at radius 2 is 0.872 bits per heavy atom. The average molecular weight is 1190 g/mol. The maximum Gasteiger partial charge on any atom is 0.220 e. The minimum Gasteiger partial charge on any atom is -0.493 e. The second-order valence-corrected chi connectivity index (χ2v) is 23.8. The zero-order valence-electron chi connectivity index (χ0n) is 54.9. The number of aryl methyl sites for hydroxylation is 15. The van der Waals surface area contributed by atoms with Crippen molar-refractivity contribution < 1.29 is 13.6 Å². The Morgan fingerprint density at radius 1 is 0.430 bits per heavy atom. The first-order chi connectivity index (χ1) is 40.8. The van der Waals surface area contributed by atoms with E-state index in [2.05, 4.69) is 133 Å². The summed E-state index contributed by atoms with van der Waals surface area (Å²) in [4.78, 5) is 38.6. The molecule has 12 rings (SSSR count). The van der Waals surface area contributed by atoms with E-state index in [1.54, 1.807) is 44.6 Å². The molecule has 86 heavy (non-hydrogen) atoms. The van der Waals surface area contributed by atoms with E-state index < -0.39 is 0 Å². The summed E-state index contributed by atoms with van der Waals surface area (Å²) < 4.78 is 15.3. The van der Waals surface area contributed by atoms with Crippen molar-refractivity contribution in [3.8, 4) is 17.1 Å². The first-order valence-electron chi connectivity index (χ1n) is 29.4. The summed E-state index contributed by atoms with van der Waals surface area (Å²) in [6.45, 7) is 38.3. The highest BCUT2D eigenvalue weighted by Crippen LogP contribution is 2.32. The molecule has 1 aliphatic heterocycles. The molecule has 2 fully saturated rings. The van der Waals surface area contributed by atoms with Crippen molar-refractivity contribution in [1.29, 1.82) is 0 Å². The lowest BCUT2D eigenvalue weighted by Gasteiger charge is -2.28. The molecule has 0 radical (unpaired) electrons. The Morgan fingerprint density at radius 3 is 1.24 bits per heavy atom. The van der Waals surface area contributed by atoms with Crippen LogP contribution in [0.25, 0.3) is 22.5 Å². The Balaban J connectivity index is 0.000000252. The first-order valence-corrected chi connectivity index (χ1v) is 30.2. The molecule has 0 amide bonds. The fraction of sp³-hybridized carbons (Fsp3) is 0.435. The minimum atomic E-state index is -0.0828. The van der Waals surface area contributed by atoms with Gasteiger partial charge in [0.15, 0.2) is 28.9 Å². The van der Waals surface area contributed by atoms with Crippen LogP contribution in [0.4, 0.5) is 0 Å². The third-order valence-corrected chi connectivity index (χ3v) is 13.9. The van der Waals surface area contributed by atoms with Crippen LogP contribution in [-0.2, 0) is 0 Å². The molecule has 0 unspecified atom stereocenters. The van der Waals surface area contributed by atoms with Crippen LogP contribution >= 0.6 is 11.3 Å². The van der Waals surface area contributed by atoms with Crippen LogP contribution < -0.4 is 10.2 Å². The second-order valence-electron chi connectivity index (χ2n) is 22.3. The molecule has 0 saturated heterocycles. The molecule has 0 atom stereocenters. The zero-order valence-corrected chi connectivity index (χ0v) is 55.7. The Bertz CT molecular complexity index is 3190. The van der Waals surface area contributed by atoms with E-state index in [4.69, 9.17) is 13.6 Å². The van der Waals surface area contributed by atoms with Gasteiger partial charge in [-0.25, -0.2) is 19.9 Å². The van der Waals surface area contributed by atoms with Gasteiger partial charge < -0.3 is 13.6 Å². The van der Waals surface area contributed by atoms with E-state index in [0.717, 1.165) is 97.9 Å². The molecule has 2 saturated carbocycles. The maximum atomic E-state index is 11.1. The molecule has 16 nitrogen and oxygen atoms in total. The van der Waals surface area contributed by atoms with Gasteiger partial charge in [-0.2, -0.15) is 5.10 Å². The Labute approximate surface area is 516 Å². The van der Waals surface area contributed by atoms with Crippen LogP contribution in [0.3, 0.4) is 0 Å². The number of ether oxygens (including phenoxy) is 1. The van der Waals surface area contributed by atoms with E-state index >= 15 is 0 Å². The number of oxazole rings is 1. The Kier molecular flexibility index (Phi) is 32.6. The quantitative estimate of drug-likeness (QED) is 0.150. The van der Waals surface area contributed by atoms with Gasteiger partial charge in [-0.1, -0.05) is 94.8 Å². The molecule has 4 aliphatic rings. The van der Waals surface area contributed by atoms with Gasteiger partial charge in [0.1, 0.15) is 28.7 Å². The van der Waals surface area contributed by atoms with Gasteiger partial charge in [0, 0.05) is 29.1 Å². The number of methoxy groups -OCH3 is 1. The third-order valence-electron chi connectivity index (χ3n) is 13.0. The van der Waals surface area contributed by atoms with E-state index in [1.165, 1.54) is 72.6 Å². The van der Waals surface area contributed by atoms with Crippen LogP contribution in [-0.4, -0.2) is 67.6 Å². The summed E-state index contributed by atoms with van der Waals surface area (Å²) in [5.41, 5.74) is 9.95. The molecule has 6 aromatic heterocycles. The lowest BCUT2D eigenvalue weighted by Crippen LogP contribution is -2.16. The molecule has 17 heteroatoms. The summed E-state index contributed by atoms with van der Waals surface area (Å²) in [6.07, 6.45) is 14.1. The number of hydrogen-bond donors (Lipinski definition) is 0. The molecule has 8 aromatic rings. The van der Waals surface area contributed by atoms with Crippen LogP contribution in [0.5, 0.6) is 5.75 Å². The third kappa shape index (κ3) is 31.2. The number of thiophene rings is 1. The number of rotatable bonds is 1. The molecule has 0 N–H and O–H groups in total. The SMILES string of the molecule is CC1CC(C)C1.CC1CCC(C)CC1.COc1ccc(C)ccc1=O.Cc1ccc(C)o1.Cc1ccc(C)s1.Cc1ccc2nc(C)nc-2cc1.Cc1ccc2nc(C)oc2c1.Cc1cnc(C)cn1.Cc1cnc(C)nn1.Cc1nnc(C)nn1. The van der Waals surface area contributed by atoms with E-state index in [0.29, 0.717) is 17.4 Å². The fourth-order valence-corrected chi connectivity index (χ4v) is 8.96. The van der Waals surface area contributed by atoms with Crippen molar-refractivity contribution in [3.05, 3.63) is 204 Å². The van der Waals surface area contributed by atoms with E-state index in [-0.39, 0.29) is 5.43 Å². The number of hydrogen-bond acceptors (Lipinski definition) is 17. The van der Waals surface area contributed by atoms with Gasteiger partial charge >= 0.3 is 0 Å². The monoisotopic (exact) mass is 1190 g/mol. The van der Waals surface area contributed by atoms with Gasteiger partial charge in [0.05, 0.1) is 41.8 Å². The first kappa shape index (κ1) is 72.2. The van der Waals surface area contributed by atoms with Crippen molar-refractivity contribution in [1.82, 2.24) is 60.5 Å². The van der Waals surface area contributed by atoms with Crippen LogP contribution in [0.1, 0.15) is 150 Å². The van der Waals surface area contributed by atoms with Gasteiger partial charge in [0.25, 0.3) is 0 Å². The number of furan rings is 1. The molecule has 3 aliphatic carbocycles. The summed E-state index contributed by atoms with van der Waals surface area (Å²) in [5, 5.41) is 22.1. The number of fused-ring (bicyclic) bond motifs is 2. The summed E-state index contributed by atoms with van der Waals surface area (Å²) in [7, 11) is 1.49. The van der Waals surface area contributed by atoms with Gasteiger partial charge in [-0.05, 0) is 200 Å². The normalized spacial score (nSPS) is 15.0. The molecular formula is C69H94N12O4S. The van der Waals surface area contributed by atoms with Crippen molar-refractivity contribution >= 4 is 22.4 Å². The lowest BCUT2D eigenvalue weighted by molar-refractivity contribution is 0.233. The van der Waals surface area contributed by atoms with Crippen molar-refractivity contribution in [2.45, 2.75) is 170 Å². The largest absolute Gasteiger partial charge is 0.493 e. The van der Waals surface area contributed by atoms with Crippen molar-refractivity contribution in [2.24, 2.45) is 23.7 Å². The molecule has 7 heterocycles. The number of nitrogens with zero attached hydrogens (tertiary/aromatic N) is 12. The number of aromatic nitrogens is 12. The molecular weight excluding hydrogens is 1090 g/mol. The van der Waals surface area contributed by atoms with Crippen molar-refractivity contribution in [3.63, 3.8) is 0 Å². The molecule has 0 spiro atoms. The van der Waals surface area contributed by atoms with Gasteiger partial charge in [-0.3, -0.25) is 14.8 Å². The molecule has 0 bridgehead atoms. The summed E-state index contributed by atoms with van der Waals surface area (Å²) >= 11 is 1.84. The zero-order chi connectivity index (χ0) is 63.7. The molecule has 2 aromatic carbocycles. The van der Waals surface area contributed by atoms with E-state index in [9.17, 15) is 4.79 Å². The molecule has 460 valence electrons. The highest BCUT2D eigenvalue weighted by molar-refractivity contribution is 7.11. The van der Waals surface area contributed by atoms with E-state index in [1.807, 2.05) is 129 Å². The smallest absolute Gasteiger partial charge is 0.220 e. The maximum absolute atomic E-state index is 11.1. The van der Waals surface area contributed by atoms with Gasteiger partial charge in [0.2, 0.25) is 5.43 Å². The van der Waals surface area contributed by atoms with Crippen LogP contribution in [0, 0.1) is 128 Å². The topological polar surface area (TPSA) is 207 Å². The number of benzene rings is 1. The highest BCUT2D eigenvalue weighted by Gasteiger charge is 2.19. The fourth-order valence-electron chi connectivity index (χ4n) is 8.18. The van der Waals surface area contributed by atoms with Crippen molar-refractivity contribution in [2.75, 3.05) is 7.11 Å². The standard InChI is InChI=1S/C10H10N2.C9H9NO.C9H10O2.C8H16.C6H8N2.C6H8O.C6H8S.C6H12.C5H7N3.C4H6N4/c1-7-3-5-9-10(6-4-7)12-8(2)11-9;1-6-3-4-8-9(5-6)11-7(2)10-8;1-7-3-5-8(10)9(11-2)6-4-7;1-7-3-5-8(2)6-4-7;1-5-3-8-6(2)4-7-5;2*1-5-3-4-6(2)7-5;1-5-3-6(2)4-5;1-4-3-6-5(2)8-7-4;1-3-5-7-4(2)8-6-3/h3-6H,1-2H3;3-5H,1-2H3;3-6H,1-2H3;7-8H,3-6H2,1-2H3;3-4H,1-2H3;2*3-4H,1-2H3;5-6H,3-4H2,1-2H3;3H,1-2H3;1-2H3. The number of imidazole rings is 1. The summed E-state index contributed by atoms with van der Waals surface area (Å²) in [6, 6.07) is 29.1. The predicted octanol–water partition coefficient (Wildman–Crippen LogP) is 16.6. The summed E-state index contributed by atoms with van der Waals surface area (Å²) in [5.74, 6) is 9.98. The van der Waals surface area contributed by atoms with Gasteiger partial charge in [-0.15, -0.1) is 36.8 Å². The second kappa shape index (κ2) is 38.8. The highest BCUT2D eigenvalue weighted by atomic mass is 32.1. The lowest BCUT2D eigenvalue weighted by atomic mass is 9.78. The Hall–Kier alpha value is -8.05. The van der Waals surface area contributed by atoms with Crippen LogP contribution in [0.15, 0.2) is 123 Å². The van der Waals surface area contributed by atoms with Crippen LogP contribution in [0.2, 0.25) is 0 Å².